The van der Waals surface area contributed by atoms with Crippen LogP contribution in [0.2, 0.25) is 0 Å². The fourth-order valence-electron chi connectivity index (χ4n) is 1.50. The maximum atomic E-state index is 3.57. The summed E-state index contributed by atoms with van der Waals surface area (Å²) in [6, 6.07) is 6.50. The third kappa shape index (κ3) is 3.34. The first kappa shape index (κ1) is 13.6. The fourth-order valence-corrected chi connectivity index (χ4v) is 4.74. The number of anilines is 1. The molecule has 0 aliphatic carbocycles. The van der Waals surface area contributed by atoms with Crippen molar-refractivity contribution in [2.45, 2.75) is 13.0 Å². The van der Waals surface area contributed by atoms with Crippen molar-refractivity contribution in [1.29, 1.82) is 0 Å². The Morgan fingerprint density at radius 3 is 2.35 bits per heavy atom. The highest BCUT2D eigenvalue weighted by Crippen LogP contribution is 2.36. The number of thiophene rings is 1. The monoisotopic (exact) mass is 437 g/mol. The van der Waals surface area contributed by atoms with E-state index in [1.165, 1.54) is 5.56 Å². The molecular formula is C12H10Br3NS. The van der Waals surface area contributed by atoms with Crippen molar-refractivity contribution in [2.75, 3.05) is 5.32 Å². The number of hydrogen-bond acceptors (Lipinski definition) is 2. The van der Waals surface area contributed by atoms with Crippen molar-refractivity contribution in [1.82, 2.24) is 0 Å². The van der Waals surface area contributed by atoms with Crippen molar-refractivity contribution in [3.8, 4) is 0 Å². The van der Waals surface area contributed by atoms with Crippen LogP contribution in [0.3, 0.4) is 0 Å². The van der Waals surface area contributed by atoms with Gasteiger partial charge in [0.15, 0.2) is 0 Å². The van der Waals surface area contributed by atoms with Crippen molar-refractivity contribution in [3.63, 3.8) is 0 Å². The molecule has 0 spiro atoms. The molecule has 17 heavy (non-hydrogen) atoms. The van der Waals surface area contributed by atoms with Gasteiger partial charge in [0.05, 0.1) is 5.69 Å². The first-order valence-corrected chi connectivity index (χ1v) is 8.33. The molecule has 0 fully saturated rings. The van der Waals surface area contributed by atoms with E-state index in [1.54, 1.807) is 11.3 Å². The second-order valence-electron chi connectivity index (χ2n) is 3.67. The van der Waals surface area contributed by atoms with Gasteiger partial charge in [0.2, 0.25) is 0 Å². The molecule has 2 rings (SSSR count). The normalized spacial score (nSPS) is 12.5. The van der Waals surface area contributed by atoms with Gasteiger partial charge in [-0.1, -0.05) is 15.9 Å². The summed E-state index contributed by atoms with van der Waals surface area (Å²) in [6.07, 6.45) is 0. The van der Waals surface area contributed by atoms with Crippen molar-refractivity contribution < 1.29 is 0 Å². The quantitative estimate of drug-likeness (QED) is 0.599. The molecule has 2 aromatic rings. The van der Waals surface area contributed by atoms with E-state index in [4.69, 9.17) is 0 Å². The summed E-state index contributed by atoms with van der Waals surface area (Å²) in [5.74, 6) is 0. The summed E-state index contributed by atoms with van der Waals surface area (Å²) in [4.78, 5) is 0. The van der Waals surface area contributed by atoms with Crippen LogP contribution in [0.15, 0.2) is 42.4 Å². The number of nitrogens with one attached hydrogen (secondary N) is 1. The predicted octanol–water partition coefficient (Wildman–Crippen LogP) is 6.21. The Bertz CT molecular complexity index is 487. The molecule has 0 bridgehead atoms. The van der Waals surface area contributed by atoms with Crippen LogP contribution < -0.4 is 5.32 Å². The Morgan fingerprint density at radius 1 is 1.18 bits per heavy atom. The van der Waals surface area contributed by atoms with Gasteiger partial charge in [-0.25, -0.2) is 0 Å². The molecular weight excluding hydrogens is 430 g/mol. The summed E-state index contributed by atoms with van der Waals surface area (Å²) in [5, 5.41) is 7.76. The van der Waals surface area contributed by atoms with E-state index in [1.807, 2.05) is 12.1 Å². The van der Waals surface area contributed by atoms with Crippen LogP contribution in [0.1, 0.15) is 18.5 Å². The zero-order valence-corrected chi connectivity index (χ0v) is 14.6. The molecule has 0 amide bonds. The van der Waals surface area contributed by atoms with E-state index >= 15 is 0 Å². The average Bonchev–Trinajstić information content (AvgIpc) is 2.76. The van der Waals surface area contributed by atoms with E-state index in [2.05, 4.69) is 76.9 Å². The second-order valence-corrected chi connectivity index (χ2v) is 7.07. The summed E-state index contributed by atoms with van der Waals surface area (Å²) in [6.45, 7) is 2.16. The van der Waals surface area contributed by atoms with Crippen LogP contribution in [-0.4, -0.2) is 0 Å². The van der Waals surface area contributed by atoms with Gasteiger partial charge < -0.3 is 5.32 Å². The highest BCUT2D eigenvalue weighted by molar-refractivity contribution is 9.11. The number of hydrogen-bond donors (Lipinski definition) is 1. The molecule has 1 atom stereocenters. The molecule has 1 heterocycles. The Balaban J connectivity index is 2.25. The molecule has 1 unspecified atom stereocenters. The molecule has 1 aromatic carbocycles. The molecule has 5 heteroatoms. The molecule has 1 N–H and O–H groups in total. The minimum absolute atomic E-state index is 0.287. The highest BCUT2D eigenvalue weighted by atomic mass is 79.9. The first-order valence-electron chi connectivity index (χ1n) is 5.01. The van der Waals surface area contributed by atoms with E-state index < -0.39 is 0 Å². The van der Waals surface area contributed by atoms with Gasteiger partial charge in [0, 0.05) is 19.5 Å². The molecule has 90 valence electrons. The van der Waals surface area contributed by atoms with Crippen LogP contribution in [0.4, 0.5) is 5.69 Å². The van der Waals surface area contributed by atoms with Gasteiger partial charge in [-0.15, -0.1) is 0 Å². The molecule has 1 aromatic heterocycles. The van der Waals surface area contributed by atoms with E-state index in [0.29, 0.717) is 0 Å². The second kappa shape index (κ2) is 5.87. The summed E-state index contributed by atoms with van der Waals surface area (Å²) >= 11 is 12.3. The summed E-state index contributed by atoms with van der Waals surface area (Å²) in [5.41, 5.74) is 2.38. The van der Waals surface area contributed by atoms with Crippen LogP contribution in [0, 0.1) is 0 Å². The third-order valence-corrected chi connectivity index (χ3v) is 4.82. The third-order valence-electron chi connectivity index (χ3n) is 2.41. The summed E-state index contributed by atoms with van der Waals surface area (Å²) in [7, 11) is 0. The van der Waals surface area contributed by atoms with Crippen LogP contribution in [-0.2, 0) is 0 Å². The van der Waals surface area contributed by atoms with E-state index in [9.17, 15) is 0 Å². The summed E-state index contributed by atoms with van der Waals surface area (Å²) < 4.78 is 3.13. The standard InChI is InChI=1S/C12H10Br3NS/c1-7(8-2-3-17-6-8)16-12-10(14)4-9(13)5-11(12)15/h2-7,16H,1H3. The SMILES string of the molecule is CC(Nc1c(Br)cc(Br)cc1Br)c1ccsc1. The van der Waals surface area contributed by atoms with Gasteiger partial charge in [0.1, 0.15) is 0 Å². The Morgan fingerprint density at radius 2 is 1.82 bits per heavy atom. The Kier molecular flexibility index (Phi) is 4.69. The molecule has 0 aliphatic heterocycles. The lowest BCUT2D eigenvalue weighted by Gasteiger charge is -2.17. The lowest BCUT2D eigenvalue weighted by molar-refractivity contribution is 0.888. The highest BCUT2D eigenvalue weighted by Gasteiger charge is 2.11. The minimum atomic E-state index is 0.287. The first-order chi connectivity index (χ1) is 8.08. The molecule has 0 radical (unpaired) electrons. The van der Waals surface area contributed by atoms with Gasteiger partial charge in [0.25, 0.3) is 0 Å². The number of halogens is 3. The van der Waals surface area contributed by atoms with Gasteiger partial charge in [-0.05, 0) is 73.3 Å². The molecule has 0 aliphatic rings. The van der Waals surface area contributed by atoms with Crippen molar-refractivity contribution in [2.24, 2.45) is 0 Å². The van der Waals surface area contributed by atoms with Crippen molar-refractivity contribution >= 4 is 64.8 Å². The maximum absolute atomic E-state index is 3.57. The van der Waals surface area contributed by atoms with Crippen LogP contribution in [0.5, 0.6) is 0 Å². The minimum Gasteiger partial charge on any atom is -0.377 e. The van der Waals surface area contributed by atoms with Crippen LogP contribution >= 0.6 is 59.1 Å². The predicted molar refractivity (Wildman–Crippen MR) is 85.9 cm³/mol. The Hall–Kier alpha value is 0.160. The molecule has 1 nitrogen and oxygen atoms in total. The zero-order valence-electron chi connectivity index (χ0n) is 9.01. The van der Waals surface area contributed by atoms with E-state index in [-0.39, 0.29) is 6.04 Å². The van der Waals surface area contributed by atoms with Crippen LogP contribution in [0.25, 0.3) is 0 Å². The largest absolute Gasteiger partial charge is 0.377 e. The lowest BCUT2D eigenvalue weighted by Crippen LogP contribution is -2.06. The lowest BCUT2D eigenvalue weighted by atomic mass is 10.1. The molecule has 0 saturated carbocycles. The average molecular weight is 440 g/mol. The van der Waals surface area contributed by atoms with Gasteiger partial charge >= 0.3 is 0 Å². The zero-order chi connectivity index (χ0) is 12.4. The maximum Gasteiger partial charge on any atom is 0.0634 e. The fraction of sp³-hybridized carbons (Fsp3) is 0.167. The Labute approximate surface area is 130 Å². The number of benzene rings is 1. The number of rotatable bonds is 3. The molecule has 0 saturated heterocycles. The topological polar surface area (TPSA) is 12.0 Å². The van der Waals surface area contributed by atoms with Crippen molar-refractivity contribution in [3.05, 3.63) is 47.9 Å². The van der Waals surface area contributed by atoms with E-state index in [0.717, 1.165) is 19.1 Å². The van der Waals surface area contributed by atoms with Gasteiger partial charge in [-0.3, -0.25) is 0 Å². The smallest absolute Gasteiger partial charge is 0.0634 e. The van der Waals surface area contributed by atoms with Gasteiger partial charge in [-0.2, -0.15) is 11.3 Å².